The fourth-order valence-corrected chi connectivity index (χ4v) is 8.46. The van der Waals surface area contributed by atoms with E-state index in [0.717, 1.165) is 56.4 Å². The second-order valence-electron chi connectivity index (χ2n) is 13.4. The predicted molar refractivity (Wildman–Crippen MR) is 196 cm³/mol. The molecule has 260 valence electrons. The number of thiophene rings is 1. The molecule has 5 aromatic rings. The van der Waals surface area contributed by atoms with Crippen LogP contribution < -0.4 is 14.2 Å². The number of ether oxygens (including phenoxy) is 3. The van der Waals surface area contributed by atoms with Crippen molar-refractivity contribution in [3.8, 4) is 17.2 Å². The number of amides is 1. The molecule has 2 aromatic heterocycles. The van der Waals surface area contributed by atoms with Gasteiger partial charge >= 0.3 is 0 Å². The zero-order valence-electron chi connectivity index (χ0n) is 29.0. The summed E-state index contributed by atoms with van der Waals surface area (Å²) in [5.41, 5.74) is 3.47. The first kappa shape index (κ1) is 33.8. The summed E-state index contributed by atoms with van der Waals surface area (Å²) in [4.78, 5) is 38.4. The van der Waals surface area contributed by atoms with Crippen LogP contribution in [0.2, 0.25) is 0 Å². The predicted octanol–water partition coefficient (Wildman–Crippen LogP) is 6.94. The van der Waals surface area contributed by atoms with Gasteiger partial charge in [0.2, 0.25) is 11.5 Å². The first-order chi connectivity index (χ1) is 24.4. The SMILES string of the molecule is COc1cc(C(=O)N2CCC(CCN3CCC(C(=O)c4nc5ccccc5n4Cc4cccs4)CC3)(c3ccccc3)C2)cc(OC)c1OC. The lowest BCUT2D eigenvalue weighted by atomic mass is 9.76. The number of rotatable bonds is 12. The van der Waals surface area contributed by atoms with E-state index in [4.69, 9.17) is 19.2 Å². The minimum absolute atomic E-state index is 0.0496. The van der Waals surface area contributed by atoms with Crippen LogP contribution in [0, 0.1) is 5.92 Å². The van der Waals surface area contributed by atoms with E-state index < -0.39 is 0 Å². The third kappa shape index (κ3) is 6.62. The maximum atomic E-state index is 14.0. The molecule has 10 heteroatoms. The van der Waals surface area contributed by atoms with Gasteiger partial charge in [-0.15, -0.1) is 11.3 Å². The largest absolute Gasteiger partial charge is 0.493 e. The molecule has 2 aliphatic rings. The summed E-state index contributed by atoms with van der Waals surface area (Å²) in [7, 11) is 4.68. The number of methoxy groups -OCH3 is 3. The number of Topliss-reactive ketones (excluding diaryl/α,β-unsaturated/α-hetero) is 1. The number of hydrogen-bond donors (Lipinski definition) is 0. The Morgan fingerprint density at radius 3 is 2.28 bits per heavy atom. The van der Waals surface area contributed by atoms with Gasteiger partial charge in [-0.3, -0.25) is 9.59 Å². The highest BCUT2D eigenvalue weighted by molar-refractivity contribution is 7.09. The van der Waals surface area contributed by atoms with Crippen LogP contribution in [-0.4, -0.2) is 85.1 Å². The van der Waals surface area contributed by atoms with Crippen LogP contribution in [0.3, 0.4) is 0 Å². The highest BCUT2D eigenvalue weighted by atomic mass is 32.1. The maximum absolute atomic E-state index is 14.0. The van der Waals surface area contributed by atoms with Crippen LogP contribution in [-0.2, 0) is 12.0 Å². The number of carbonyl (C=O) groups excluding carboxylic acids is 2. The number of ketones is 1. The van der Waals surface area contributed by atoms with Gasteiger partial charge in [0.1, 0.15) is 0 Å². The van der Waals surface area contributed by atoms with Crippen LogP contribution in [0.5, 0.6) is 17.2 Å². The Kier molecular flexibility index (Phi) is 9.92. The Balaban J connectivity index is 1.03. The molecule has 3 aromatic carbocycles. The molecule has 0 bridgehead atoms. The Labute approximate surface area is 297 Å². The Hall–Kier alpha value is -4.67. The van der Waals surface area contributed by atoms with Crippen molar-refractivity contribution in [1.82, 2.24) is 19.4 Å². The fourth-order valence-electron chi connectivity index (χ4n) is 7.76. The van der Waals surface area contributed by atoms with Crippen molar-refractivity contribution in [3.63, 3.8) is 0 Å². The summed E-state index contributed by atoms with van der Waals surface area (Å²) >= 11 is 1.70. The lowest BCUT2D eigenvalue weighted by Gasteiger charge is -2.36. The summed E-state index contributed by atoms with van der Waals surface area (Å²) in [6.07, 6.45) is 3.42. The second kappa shape index (κ2) is 14.7. The van der Waals surface area contributed by atoms with Crippen LogP contribution in [0.1, 0.15) is 57.1 Å². The molecule has 0 aliphatic carbocycles. The van der Waals surface area contributed by atoms with E-state index in [1.54, 1.807) is 44.8 Å². The lowest BCUT2D eigenvalue weighted by molar-refractivity contribution is 0.0777. The second-order valence-corrected chi connectivity index (χ2v) is 14.4. The molecule has 0 spiro atoms. The average Bonchev–Trinajstić information content (AvgIpc) is 3.94. The molecule has 9 nitrogen and oxygen atoms in total. The van der Waals surface area contributed by atoms with Crippen molar-refractivity contribution in [2.75, 3.05) is 54.1 Å². The van der Waals surface area contributed by atoms with Crippen molar-refractivity contribution in [2.24, 2.45) is 5.92 Å². The van der Waals surface area contributed by atoms with Crippen LogP contribution in [0.15, 0.2) is 84.2 Å². The summed E-state index contributed by atoms with van der Waals surface area (Å²) in [5, 5.41) is 2.07. The summed E-state index contributed by atoms with van der Waals surface area (Å²) in [5.74, 6) is 2.02. The molecular formula is C40H44N4O5S. The van der Waals surface area contributed by atoms with Crippen molar-refractivity contribution in [1.29, 1.82) is 0 Å². The van der Waals surface area contributed by atoms with Gasteiger partial charge in [0.05, 0.1) is 38.9 Å². The quantitative estimate of drug-likeness (QED) is 0.131. The number of carbonyl (C=O) groups is 2. The van der Waals surface area contributed by atoms with Crippen molar-refractivity contribution < 1.29 is 23.8 Å². The van der Waals surface area contributed by atoms with E-state index in [1.165, 1.54) is 10.4 Å². The molecule has 0 saturated carbocycles. The molecule has 0 N–H and O–H groups in total. The highest BCUT2D eigenvalue weighted by Crippen LogP contribution is 2.42. The van der Waals surface area contributed by atoms with Gasteiger partial charge in [0, 0.05) is 34.9 Å². The minimum Gasteiger partial charge on any atom is -0.493 e. The van der Waals surface area contributed by atoms with Gasteiger partial charge < -0.3 is 28.6 Å². The number of aromatic nitrogens is 2. The Bertz CT molecular complexity index is 1930. The number of hydrogen-bond acceptors (Lipinski definition) is 8. The van der Waals surface area contributed by atoms with E-state index in [1.807, 2.05) is 29.2 Å². The Morgan fingerprint density at radius 1 is 0.880 bits per heavy atom. The summed E-state index contributed by atoms with van der Waals surface area (Å²) in [6.45, 7) is 4.56. The first-order valence-corrected chi connectivity index (χ1v) is 18.2. The number of para-hydroxylation sites is 2. The molecular weight excluding hydrogens is 649 g/mol. The fraction of sp³-hybridized carbons (Fsp3) is 0.375. The summed E-state index contributed by atoms with van der Waals surface area (Å²) in [6, 6.07) is 26.3. The molecule has 2 saturated heterocycles. The van der Waals surface area contributed by atoms with Gasteiger partial charge in [0.15, 0.2) is 17.3 Å². The molecule has 50 heavy (non-hydrogen) atoms. The molecule has 1 amide bonds. The van der Waals surface area contributed by atoms with E-state index in [-0.39, 0.29) is 23.0 Å². The average molecular weight is 693 g/mol. The molecule has 4 heterocycles. The molecule has 7 rings (SSSR count). The molecule has 2 fully saturated rings. The van der Waals surface area contributed by atoms with E-state index in [9.17, 15) is 9.59 Å². The summed E-state index contributed by atoms with van der Waals surface area (Å²) < 4.78 is 18.6. The van der Waals surface area contributed by atoms with Crippen LogP contribution >= 0.6 is 11.3 Å². The van der Waals surface area contributed by atoms with Crippen LogP contribution in [0.4, 0.5) is 0 Å². The van der Waals surface area contributed by atoms with Gasteiger partial charge in [-0.2, -0.15) is 0 Å². The van der Waals surface area contributed by atoms with Crippen molar-refractivity contribution in [3.05, 3.63) is 106 Å². The lowest BCUT2D eigenvalue weighted by Crippen LogP contribution is -2.41. The third-order valence-electron chi connectivity index (χ3n) is 10.6. The van der Waals surface area contributed by atoms with E-state index in [0.29, 0.717) is 48.3 Å². The number of likely N-dealkylation sites (tertiary alicyclic amines) is 2. The molecule has 1 unspecified atom stereocenters. The Morgan fingerprint density at radius 2 is 1.60 bits per heavy atom. The molecule has 0 radical (unpaired) electrons. The number of fused-ring (bicyclic) bond motifs is 1. The molecule has 1 atom stereocenters. The number of imidazole rings is 1. The number of nitrogens with zero attached hydrogens (tertiary/aromatic N) is 4. The third-order valence-corrected chi connectivity index (χ3v) is 11.4. The van der Waals surface area contributed by atoms with Gasteiger partial charge in [-0.1, -0.05) is 48.5 Å². The standard InChI is InChI=1S/C40H44N4O5S/c1-47-34-24-29(25-35(48-2)37(34)49-3)39(46)43-22-18-40(27-43,30-10-5-4-6-11-30)17-21-42-19-15-28(16-20-42)36(45)38-41-32-13-7-8-14-33(32)44(38)26-31-12-9-23-50-31/h4-14,23-25,28H,15-22,26-27H2,1-3H3. The molecule has 2 aliphatic heterocycles. The zero-order valence-corrected chi connectivity index (χ0v) is 29.8. The first-order valence-electron chi connectivity index (χ1n) is 17.3. The van der Waals surface area contributed by atoms with Crippen molar-refractivity contribution in [2.45, 2.75) is 37.6 Å². The number of benzene rings is 3. The maximum Gasteiger partial charge on any atom is 0.254 e. The van der Waals surface area contributed by atoms with Gasteiger partial charge in [-0.25, -0.2) is 4.98 Å². The topological polar surface area (TPSA) is 86.1 Å². The monoisotopic (exact) mass is 692 g/mol. The van der Waals surface area contributed by atoms with E-state index in [2.05, 4.69) is 57.3 Å². The van der Waals surface area contributed by atoms with E-state index >= 15 is 0 Å². The van der Waals surface area contributed by atoms with Crippen LogP contribution in [0.25, 0.3) is 11.0 Å². The van der Waals surface area contributed by atoms with Gasteiger partial charge in [0.25, 0.3) is 5.91 Å². The zero-order chi connectivity index (χ0) is 34.7. The number of piperidine rings is 1. The van der Waals surface area contributed by atoms with Crippen molar-refractivity contribution >= 4 is 34.1 Å². The highest BCUT2D eigenvalue weighted by Gasteiger charge is 2.42. The minimum atomic E-state index is -0.170. The van der Waals surface area contributed by atoms with Gasteiger partial charge in [-0.05, 0) is 86.6 Å². The normalized spacial score (nSPS) is 18.4. The smallest absolute Gasteiger partial charge is 0.254 e.